The van der Waals surface area contributed by atoms with Crippen molar-refractivity contribution in [2.45, 2.75) is 23.6 Å². The lowest BCUT2D eigenvalue weighted by Gasteiger charge is -2.19. The first-order chi connectivity index (χ1) is 12.3. The lowest BCUT2D eigenvalue weighted by atomic mass is 10.2. The molecule has 0 spiro atoms. The summed E-state index contributed by atoms with van der Waals surface area (Å²) in [6, 6.07) is 11.7. The fourth-order valence-electron chi connectivity index (χ4n) is 2.42. The van der Waals surface area contributed by atoms with Crippen molar-refractivity contribution < 1.29 is 13.2 Å². The average molecular weight is 413 g/mol. The number of rotatable bonds is 7. The third-order valence-electron chi connectivity index (χ3n) is 3.86. The molecular weight excluding hydrogens is 392 g/mol. The van der Waals surface area contributed by atoms with Gasteiger partial charge in [0, 0.05) is 29.2 Å². The molecule has 2 aromatic carbocycles. The molecule has 0 bridgehead atoms. The van der Waals surface area contributed by atoms with E-state index in [0.717, 1.165) is 4.90 Å². The first-order valence-electron chi connectivity index (χ1n) is 8.08. The molecule has 0 aliphatic carbocycles. The fraction of sp³-hybridized carbons (Fsp3) is 0.278. The molecule has 1 amide bonds. The van der Waals surface area contributed by atoms with Gasteiger partial charge in [-0.05, 0) is 48.7 Å². The summed E-state index contributed by atoms with van der Waals surface area (Å²) < 4.78 is 26.8. The van der Waals surface area contributed by atoms with E-state index in [0.29, 0.717) is 18.8 Å². The van der Waals surface area contributed by atoms with Crippen molar-refractivity contribution in [2.24, 2.45) is 0 Å². The van der Waals surface area contributed by atoms with E-state index in [1.54, 1.807) is 37.7 Å². The number of nitrogens with zero attached hydrogens (tertiary/aromatic N) is 1. The molecular formula is C18H21ClN2O3S2. The Morgan fingerprint density at radius 2 is 1.73 bits per heavy atom. The highest BCUT2D eigenvalue weighted by Gasteiger charge is 2.25. The maximum absolute atomic E-state index is 12.7. The second-order valence-corrected chi connectivity index (χ2v) is 8.61. The number of hydrogen-bond donors (Lipinski definition) is 1. The summed E-state index contributed by atoms with van der Waals surface area (Å²) in [5, 5.41) is 2.86. The Balaban J connectivity index is 2.31. The number of anilines is 1. The van der Waals surface area contributed by atoms with Gasteiger partial charge in [0.2, 0.25) is 10.0 Å². The van der Waals surface area contributed by atoms with Crippen LogP contribution in [-0.4, -0.2) is 38.0 Å². The minimum absolute atomic E-state index is 0.0618. The lowest BCUT2D eigenvalue weighted by Crippen LogP contribution is -2.31. The zero-order valence-electron chi connectivity index (χ0n) is 14.8. The van der Waals surface area contributed by atoms with Crippen LogP contribution in [0.5, 0.6) is 0 Å². The number of benzene rings is 2. The van der Waals surface area contributed by atoms with Crippen LogP contribution in [0.3, 0.4) is 0 Å². The second kappa shape index (κ2) is 8.90. The molecule has 0 saturated heterocycles. The third kappa shape index (κ3) is 4.59. The van der Waals surface area contributed by atoms with Gasteiger partial charge in [-0.15, -0.1) is 11.8 Å². The fourth-order valence-corrected chi connectivity index (χ4v) is 4.79. The smallest absolute Gasteiger partial charge is 0.255 e. The Morgan fingerprint density at radius 3 is 2.27 bits per heavy atom. The molecule has 2 aromatic rings. The minimum atomic E-state index is -3.75. The van der Waals surface area contributed by atoms with Gasteiger partial charge in [0.1, 0.15) is 4.90 Å². The van der Waals surface area contributed by atoms with Crippen molar-refractivity contribution >= 4 is 45.0 Å². The molecule has 0 aliphatic rings. The molecule has 0 aliphatic heterocycles. The largest absolute Gasteiger partial charge is 0.322 e. The summed E-state index contributed by atoms with van der Waals surface area (Å²) in [4.78, 5) is 13.5. The van der Waals surface area contributed by atoms with Crippen LogP contribution in [0.25, 0.3) is 0 Å². The number of carbonyl (C=O) groups excluding carboxylic acids is 1. The predicted octanol–water partition coefficient (Wildman–Crippen LogP) is 4.34. The molecule has 0 aromatic heterocycles. The maximum atomic E-state index is 12.7. The van der Waals surface area contributed by atoms with Crippen LogP contribution in [0.1, 0.15) is 24.2 Å². The predicted molar refractivity (Wildman–Crippen MR) is 108 cm³/mol. The highest BCUT2D eigenvalue weighted by atomic mass is 35.5. The Kier molecular flexibility index (Phi) is 7.11. The normalized spacial score (nSPS) is 11.6. The van der Waals surface area contributed by atoms with Gasteiger partial charge in [-0.2, -0.15) is 4.31 Å². The monoisotopic (exact) mass is 412 g/mol. The van der Waals surface area contributed by atoms with Crippen LogP contribution < -0.4 is 5.32 Å². The van der Waals surface area contributed by atoms with Gasteiger partial charge in [-0.25, -0.2) is 8.42 Å². The Hall–Kier alpha value is -1.54. The van der Waals surface area contributed by atoms with Gasteiger partial charge in [-0.1, -0.05) is 25.4 Å². The van der Waals surface area contributed by atoms with Gasteiger partial charge < -0.3 is 5.32 Å². The van der Waals surface area contributed by atoms with Crippen molar-refractivity contribution in [3.05, 3.63) is 53.1 Å². The van der Waals surface area contributed by atoms with E-state index in [-0.39, 0.29) is 15.5 Å². The molecule has 2 rings (SSSR count). The van der Waals surface area contributed by atoms with Crippen molar-refractivity contribution in [3.63, 3.8) is 0 Å². The summed E-state index contributed by atoms with van der Waals surface area (Å²) in [5.74, 6) is -0.394. The number of thioether (sulfide) groups is 1. The topological polar surface area (TPSA) is 66.5 Å². The number of hydrogen-bond acceptors (Lipinski definition) is 4. The standard InChI is InChI=1S/C18H21ClN2O3S2/c1-4-21(5-2)26(23,24)17-12-13(6-11-16(17)19)18(22)20-14-7-9-15(25-3)10-8-14/h6-12H,4-5H2,1-3H3,(H,20,22). The first kappa shape index (κ1) is 20.8. The number of nitrogens with one attached hydrogen (secondary N) is 1. The van der Waals surface area contributed by atoms with Gasteiger partial charge in [0.25, 0.3) is 5.91 Å². The Labute approximate surface area is 163 Å². The summed E-state index contributed by atoms with van der Waals surface area (Å²) >= 11 is 7.70. The number of halogens is 1. The third-order valence-corrected chi connectivity index (χ3v) is 7.14. The van der Waals surface area contributed by atoms with E-state index in [2.05, 4.69) is 5.32 Å². The summed E-state index contributed by atoms with van der Waals surface area (Å²) in [6.07, 6.45) is 1.97. The van der Waals surface area contributed by atoms with E-state index >= 15 is 0 Å². The van der Waals surface area contributed by atoms with Crippen LogP contribution in [0.2, 0.25) is 5.02 Å². The molecule has 0 unspecified atom stereocenters. The SMILES string of the molecule is CCN(CC)S(=O)(=O)c1cc(C(=O)Nc2ccc(SC)cc2)ccc1Cl. The lowest BCUT2D eigenvalue weighted by molar-refractivity contribution is 0.102. The summed E-state index contributed by atoms with van der Waals surface area (Å²) in [5.41, 5.74) is 0.866. The maximum Gasteiger partial charge on any atom is 0.255 e. The average Bonchev–Trinajstić information content (AvgIpc) is 2.63. The Bertz CT molecular complexity index is 880. The highest BCUT2D eigenvalue weighted by Crippen LogP contribution is 2.26. The van der Waals surface area contributed by atoms with Gasteiger partial charge in [-0.3, -0.25) is 4.79 Å². The summed E-state index contributed by atoms with van der Waals surface area (Å²) in [7, 11) is -3.75. The zero-order valence-corrected chi connectivity index (χ0v) is 17.2. The van der Waals surface area contributed by atoms with E-state index in [4.69, 9.17) is 11.6 Å². The quantitative estimate of drug-likeness (QED) is 0.686. The Morgan fingerprint density at radius 1 is 1.12 bits per heavy atom. The molecule has 26 heavy (non-hydrogen) atoms. The van der Waals surface area contributed by atoms with Gasteiger partial charge >= 0.3 is 0 Å². The van der Waals surface area contributed by atoms with Crippen molar-refractivity contribution in [1.29, 1.82) is 0 Å². The molecule has 0 atom stereocenters. The van der Waals surface area contributed by atoms with Gasteiger partial charge in [0.15, 0.2) is 0 Å². The van der Waals surface area contributed by atoms with Crippen LogP contribution in [0.4, 0.5) is 5.69 Å². The molecule has 0 heterocycles. The van der Waals surface area contributed by atoms with Crippen LogP contribution in [0, 0.1) is 0 Å². The molecule has 8 heteroatoms. The van der Waals surface area contributed by atoms with E-state index in [1.807, 2.05) is 18.4 Å². The van der Waals surface area contributed by atoms with Crippen LogP contribution in [0.15, 0.2) is 52.3 Å². The zero-order chi connectivity index (χ0) is 19.3. The minimum Gasteiger partial charge on any atom is -0.322 e. The number of carbonyl (C=O) groups is 1. The molecule has 5 nitrogen and oxygen atoms in total. The molecule has 0 saturated carbocycles. The van der Waals surface area contributed by atoms with Crippen LogP contribution in [-0.2, 0) is 10.0 Å². The highest BCUT2D eigenvalue weighted by molar-refractivity contribution is 7.98. The van der Waals surface area contributed by atoms with Crippen molar-refractivity contribution in [3.8, 4) is 0 Å². The van der Waals surface area contributed by atoms with Gasteiger partial charge in [0.05, 0.1) is 5.02 Å². The van der Waals surface area contributed by atoms with Crippen LogP contribution >= 0.6 is 23.4 Å². The first-order valence-corrected chi connectivity index (χ1v) is 11.1. The molecule has 1 N–H and O–H groups in total. The number of sulfonamides is 1. The summed E-state index contributed by atoms with van der Waals surface area (Å²) in [6.45, 7) is 4.16. The molecule has 0 radical (unpaired) electrons. The number of amides is 1. The van der Waals surface area contributed by atoms with E-state index in [9.17, 15) is 13.2 Å². The van der Waals surface area contributed by atoms with Crippen molar-refractivity contribution in [1.82, 2.24) is 4.31 Å². The van der Waals surface area contributed by atoms with Crippen molar-refractivity contribution in [2.75, 3.05) is 24.7 Å². The van der Waals surface area contributed by atoms with E-state index in [1.165, 1.54) is 22.5 Å². The second-order valence-electron chi connectivity index (χ2n) is 5.42. The molecule has 0 fully saturated rings. The molecule has 140 valence electrons. The van der Waals surface area contributed by atoms with E-state index < -0.39 is 15.9 Å².